The lowest BCUT2D eigenvalue weighted by Gasteiger charge is -2.30. The van der Waals surface area contributed by atoms with Gasteiger partial charge in [0.05, 0.1) is 12.0 Å². The molecule has 0 amide bonds. The number of hydrogen-bond acceptors (Lipinski definition) is 7. The standard InChI is InChI=1S/C14H23N5OS/c1-5-9(2)19(6-7-20-4)12-11-8-10(3)21-13(11)17-14(16-12)18-15/h8-9H,5-7,15H2,1-4H3,(H,16,17,18). The maximum atomic E-state index is 5.51. The van der Waals surface area contributed by atoms with E-state index in [-0.39, 0.29) is 0 Å². The van der Waals surface area contributed by atoms with Crippen molar-refractivity contribution in [2.75, 3.05) is 30.6 Å². The van der Waals surface area contributed by atoms with E-state index in [0.717, 1.165) is 29.0 Å². The van der Waals surface area contributed by atoms with Gasteiger partial charge in [-0.1, -0.05) is 6.92 Å². The number of anilines is 2. The first kappa shape index (κ1) is 15.9. The fraction of sp³-hybridized carbons (Fsp3) is 0.571. The summed E-state index contributed by atoms with van der Waals surface area (Å²) in [6, 6.07) is 2.50. The first-order valence-corrected chi connectivity index (χ1v) is 7.92. The molecule has 0 saturated heterocycles. The van der Waals surface area contributed by atoms with Gasteiger partial charge in [0, 0.05) is 24.6 Å². The molecule has 6 nitrogen and oxygen atoms in total. The quantitative estimate of drug-likeness (QED) is 0.604. The maximum absolute atomic E-state index is 5.51. The molecule has 0 spiro atoms. The van der Waals surface area contributed by atoms with Gasteiger partial charge in [-0.05, 0) is 26.3 Å². The van der Waals surface area contributed by atoms with E-state index >= 15 is 0 Å². The number of aromatic nitrogens is 2. The third kappa shape index (κ3) is 3.42. The number of hydrazine groups is 1. The summed E-state index contributed by atoms with van der Waals surface area (Å²) in [5.41, 5.74) is 2.56. The van der Waals surface area contributed by atoms with Gasteiger partial charge < -0.3 is 9.64 Å². The third-order valence-corrected chi connectivity index (χ3v) is 4.50. The Kier molecular flexibility index (Phi) is 5.33. The lowest BCUT2D eigenvalue weighted by Crippen LogP contribution is -2.36. The first-order valence-electron chi connectivity index (χ1n) is 7.11. The van der Waals surface area contributed by atoms with Crippen molar-refractivity contribution in [2.24, 2.45) is 5.84 Å². The van der Waals surface area contributed by atoms with Gasteiger partial charge in [-0.3, -0.25) is 5.43 Å². The van der Waals surface area contributed by atoms with E-state index in [9.17, 15) is 0 Å². The van der Waals surface area contributed by atoms with Crippen molar-refractivity contribution in [1.29, 1.82) is 0 Å². The molecule has 1 atom stereocenters. The van der Waals surface area contributed by atoms with Crippen LogP contribution in [0.2, 0.25) is 0 Å². The number of thiophene rings is 1. The van der Waals surface area contributed by atoms with Gasteiger partial charge in [-0.25, -0.2) is 10.8 Å². The first-order chi connectivity index (χ1) is 10.1. The second-order valence-electron chi connectivity index (χ2n) is 5.03. The van der Waals surface area contributed by atoms with E-state index < -0.39 is 0 Å². The highest BCUT2D eigenvalue weighted by molar-refractivity contribution is 7.18. The molecule has 2 heterocycles. The van der Waals surface area contributed by atoms with Crippen LogP contribution in [-0.2, 0) is 4.74 Å². The van der Waals surface area contributed by atoms with E-state index in [1.165, 1.54) is 4.88 Å². The molecule has 0 fully saturated rings. The van der Waals surface area contributed by atoms with Crippen LogP contribution in [0, 0.1) is 6.92 Å². The van der Waals surface area contributed by atoms with Gasteiger partial charge >= 0.3 is 0 Å². The van der Waals surface area contributed by atoms with Gasteiger partial charge in [0.2, 0.25) is 5.95 Å². The van der Waals surface area contributed by atoms with Crippen molar-refractivity contribution >= 4 is 33.3 Å². The number of aryl methyl sites for hydroxylation is 1. The molecule has 0 aliphatic carbocycles. The molecule has 0 radical (unpaired) electrons. The molecule has 0 bridgehead atoms. The maximum Gasteiger partial charge on any atom is 0.240 e. The number of methoxy groups -OCH3 is 1. The summed E-state index contributed by atoms with van der Waals surface area (Å²) in [5, 5.41) is 1.08. The SMILES string of the molecule is CCC(C)N(CCOC)c1nc(NN)nc2sc(C)cc12. The Labute approximate surface area is 129 Å². The number of nitrogens with zero attached hydrogens (tertiary/aromatic N) is 3. The van der Waals surface area contributed by atoms with E-state index in [1.807, 2.05) is 0 Å². The Hall–Kier alpha value is -1.44. The van der Waals surface area contributed by atoms with Crippen molar-refractivity contribution in [2.45, 2.75) is 33.2 Å². The van der Waals surface area contributed by atoms with Crippen LogP contribution in [0.1, 0.15) is 25.1 Å². The second-order valence-corrected chi connectivity index (χ2v) is 6.27. The molecule has 0 aliphatic rings. The number of hydrogen-bond donors (Lipinski definition) is 2. The van der Waals surface area contributed by atoms with E-state index in [0.29, 0.717) is 18.6 Å². The molecule has 2 rings (SSSR count). The number of nitrogen functional groups attached to an aromatic ring is 1. The van der Waals surface area contributed by atoms with E-state index in [2.05, 4.69) is 47.1 Å². The van der Waals surface area contributed by atoms with Crippen molar-refractivity contribution < 1.29 is 4.74 Å². The average Bonchev–Trinajstić information content (AvgIpc) is 2.86. The number of nitrogens with one attached hydrogen (secondary N) is 1. The fourth-order valence-corrected chi connectivity index (χ4v) is 3.13. The minimum Gasteiger partial charge on any atom is -0.383 e. The van der Waals surface area contributed by atoms with Crippen LogP contribution in [-0.4, -0.2) is 36.3 Å². The smallest absolute Gasteiger partial charge is 0.240 e. The van der Waals surface area contributed by atoms with Gasteiger partial charge in [0.25, 0.3) is 0 Å². The lowest BCUT2D eigenvalue weighted by atomic mass is 10.2. The van der Waals surface area contributed by atoms with Crippen LogP contribution < -0.4 is 16.2 Å². The topological polar surface area (TPSA) is 76.3 Å². The Morgan fingerprint density at radius 1 is 1.48 bits per heavy atom. The Bertz CT molecular complexity index is 600. The minimum atomic E-state index is 0.365. The summed E-state index contributed by atoms with van der Waals surface area (Å²) in [6.45, 7) is 7.89. The molecule has 21 heavy (non-hydrogen) atoms. The summed E-state index contributed by atoms with van der Waals surface area (Å²) < 4.78 is 5.24. The zero-order chi connectivity index (χ0) is 15.4. The normalized spacial score (nSPS) is 12.6. The van der Waals surface area contributed by atoms with Crippen molar-refractivity contribution in [3.8, 4) is 0 Å². The number of nitrogens with two attached hydrogens (primary N) is 1. The summed E-state index contributed by atoms with van der Waals surface area (Å²) in [4.78, 5) is 13.5. The highest BCUT2D eigenvalue weighted by atomic mass is 32.1. The number of rotatable bonds is 7. The molecule has 3 N–H and O–H groups in total. The van der Waals surface area contributed by atoms with Gasteiger partial charge in [-0.2, -0.15) is 4.98 Å². The Morgan fingerprint density at radius 2 is 2.24 bits per heavy atom. The minimum absolute atomic E-state index is 0.365. The molecule has 2 aromatic rings. The van der Waals surface area contributed by atoms with Crippen LogP contribution in [0.5, 0.6) is 0 Å². The summed E-state index contributed by atoms with van der Waals surface area (Å²) in [6.07, 6.45) is 1.03. The highest BCUT2D eigenvalue weighted by Crippen LogP contribution is 2.32. The monoisotopic (exact) mass is 309 g/mol. The molecule has 1 unspecified atom stereocenters. The van der Waals surface area contributed by atoms with E-state index in [4.69, 9.17) is 10.6 Å². The van der Waals surface area contributed by atoms with Gasteiger partial charge in [0.15, 0.2) is 0 Å². The largest absolute Gasteiger partial charge is 0.383 e. The molecule has 7 heteroatoms. The molecule has 0 aromatic carbocycles. The highest BCUT2D eigenvalue weighted by Gasteiger charge is 2.19. The zero-order valence-corrected chi connectivity index (χ0v) is 13.8. The lowest BCUT2D eigenvalue weighted by molar-refractivity contribution is 0.203. The molecular weight excluding hydrogens is 286 g/mol. The van der Waals surface area contributed by atoms with Crippen molar-refractivity contribution in [3.63, 3.8) is 0 Å². The summed E-state index contributed by atoms with van der Waals surface area (Å²) in [5.74, 6) is 6.88. The third-order valence-electron chi connectivity index (χ3n) is 3.56. The summed E-state index contributed by atoms with van der Waals surface area (Å²) >= 11 is 1.65. The predicted molar refractivity (Wildman–Crippen MR) is 88.9 cm³/mol. The molecule has 2 aromatic heterocycles. The zero-order valence-electron chi connectivity index (χ0n) is 13.0. The Balaban J connectivity index is 2.53. The van der Waals surface area contributed by atoms with Crippen LogP contribution in [0.3, 0.4) is 0 Å². The Morgan fingerprint density at radius 3 is 2.86 bits per heavy atom. The second kappa shape index (κ2) is 7.02. The van der Waals surface area contributed by atoms with Gasteiger partial charge in [0.1, 0.15) is 10.6 Å². The fourth-order valence-electron chi connectivity index (χ4n) is 2.26. The number of fused-ring (bicyclic) bond motifs is 1. The van der Waals surface area contributed by atoms with Crippen molar-refractivity contribution in [1.82, 2.24) is 9.97 Å². The van der Waals surface area contributed by atoms with Gasteiger partial charge in [-0.15, -0.1) is 11.3 Å². The van der Waals surface area contributed by atoms with Crippen LogP contribution in [0.25, 0.3) is 10.2 Å². The molecule has 0 aliphatic heterocycles. The van der Waals surface area contributed by atoms with Crippen molar-refractivity contribution in [3.05, 3.63) is 10.9 Å². The molecule has 0 saturated carbocycles. The van der Waals surface area contributed by atoms with Crippen LogP contribution >= 0.6 is 11.3 Å². The molecular formula is C14H23N5OS. The summed E-state index contributed by atoms with van der Waals surface area (Å²) in [7, 11) is 1.71. The number of ether oxygens (including phenoxy) is 1. The molecule has 116 valence electrons. The predicted octanol–water partition coefficient (Wildman–Crippen LogP) is 2.54. The van der Waals surface area contributed by atoms with Crippen LogP contribution in [0.15, 0.2) is 6.07 Å². The van der Waals surface area contributed by atoms with Crippen LogP contribution in [0.4, 0.5) is 11.8 Å². The average molecular weight is 309 g/mol. The van der Waals surface area contributed by atoms with E-state index in [1.54, 1.807) is 18.4 Å².